The highest BCUT2D eigenvalue weighted by Crippen LogP contribution is 2.19. The summed E-state index contributed by atoms with van der Waals surface area (Å²) in [6, 6.07) is 17.0. The van der Waals surface area contributed by atoms with Crippen LogP contribution < -0.4 is 10.0 Å². The van der Waals surface area contributed by atoms with Gasteiger partial charge in [0, 0.05) is 30.9 Å². The van der Waals surface area contributed by atoms with E-state index in [1.54, 1.807) is 12.3 Å². The number of nitrogens with zero attached hydrogens (tertiary/aromatic N) is 2. The van der Waals surface area contributed by atoms with Crippen molar-refractivity contribution in [1.82, 2.24) is 20.2 Å². The molecule has 0 spiro atoms. The highest BCUT2D eigenvalue weighted by Gasteiger charge is 2.12. The van der Waals surface area contributed by atoms with E-state index in [1.165, 1.54) is 11.9 Å². The Kier molecular flexibility index (Phi) is 6.19. The van der Waals surface area contributed by atoms with Crippen LogP contribution in [0.1, 0.15) is 16.9 Å². The second-order valence-corrected chi connectivity index (χ2v) is 6.13. The smallest absolute Gasteiger partial charge is 0.273 e. The quantitative estimate of drug-likeness (QED) is 0.478. The molecule has 0 radical (unpaired) electrons. The number of aromatic nitrogens is 2. The normalized spacial score (nSPS) is 10.6. The summed E-state index contributed by atoms with van der Waals surface area (Å²) in [5, 5.41) is 7.59. The third-order valence-electron chi connectivity index (χ3n) is 3.36. The van der Waals surface area contributed by atoms with Gasteiger partial charge in [-0.2, -0.15) is 0 Å². The molecule has 2 heterocycles. The van der Waals surface area contributed by atoms with Gasteiger partial charge in [0.25, 0.3) is 5.91 Å². The van der Waals surface area contributed by atoms with Crippen LogP contribution in [0.5, 0.6) is 0 Å². The van der Waals surface area contributed by atoms with Gasteiger partial charge in [0.15, 0.2) is 11.5 Å². The summed E-state index contributed by atoms with van der Waals surface area (Å²) < 4.78 is 8.44. The number of rotatable bonds is 8. The lowest BCUT2D eigenvalue weighted by Crippen LogP contribution is -2.26. The number of nitrogens with one attached hydrogen (secondary N) is 2. The lowest BCUT2D eigenvalue weighted by molar-refractivity contribution is 0.0944. The van der Waals surface area contributed by atoms with Crippen LogP contribution in [0.2, 0.25) is 0 Å². The summed E-state index contributed by atoms with van der Waals surface area (Å²) in [7, 11) is 0. The van der Waals surface area contributed by atoms with Crippen molar-refractivity contribution in [3.63, 3.8) is 0 Å². The van der Waals surface area contributed by atoms with Crippen LogP contribution in [-0.2, 0) is 0 Å². The van der Waals surface area contributed by atoms with Crippen molar-refractivity contribution in [3.8, 4) is 11.3 Å². The molecule has 7 heteroatoms. The number of hydrogen-bond acceptors (Lipinski definition) is 6. The van der Waals surface area contributed by atoms with Crippen LogP contribution in [0.15, 0.2) is 70.3 Å². The maximum Gasteiger partial charge on any atom is 0.273 e. The Balaban J connectivity index is 1.37. The Labute approximate surface area is 150 Å². The molecule has 0 saturated heterocycles. The fraction of sp³-hybridized carbons (Fsp3) is 0.167. The van der Waals surface area contributed by atoms with Gasteiger partial charge in [0.2, 0.25) is 0 Å². The van der Waals surface area contributed by atoms with E-state index in [9.17, 15) is 4.79 Å². The predicted molar refractivity (Wildman–Crippen MR) is 97.0 cm³/mol. The van der Waals surface area contributed by atoms with Crippen LogP contribution in [0.4, 0.5) is 0 Å². The van der Waals surface area contributed by atoms with E-state index in [4.69, 9.17) is 4.52 Å². The van der Waals surface area contributed by atoms with Gasteiger partial charge in [0.1, 0.15) is 5.03 Å². The van der Waals surface area contributed by atoms with Crippen molar-refractivity contribution in [1.29, 1.82) is 0 Å². The number of hydrogen-bond donors (Lipinski definition) is 2. The third-order valence-corrected chi connectivity index (χ3v) is 4.16. The van der Waals surface area contributed by atoms with E-state index in [0.29, 0.717) is 12.3 Å². The van der Waals surface area contributed by atoms with Crippen LogP contribution >= 0.6 is 11.9 Å². The predicted octanol–water partition coefficient (Wildman–Crippen LogP) is 3.15. The highest BCUT2D eigenvalue weighted by atomic mass is 32.2. The Morgan fingerprint density at radius 3 is 2.72 bits per heavy atom. The first-order valence-electron chi connectivity index (χ1n) is 7.94. The van der Waals surface area contributed by atoms with E-state index in [2.05, 4.69) is 20.2 Å². The first-order chi connectivity index (χ1) is 12.3. The molecule has 0 aliphatic carbocycles. The van der Waals surface area contributed by atoms with Crippen molar-refractivity contribution in [3.05, 3.63) is 66.5 Å². The zero-order valence-corrected chi connectivity index (χ0v) is 14.3. The number of carbonyl (C=O) groups excluding carboxylic acids is 1. The van der Waals surface area contributed by atoms with E-state index >= 15 is 0 Å². The van der Waals surface area contributed by atoms with Gasteiger partial charge < -0.3 is 9.84 Å². The first kappa shape index (κ1) is 17.2. The molecule has 0 saturated carbocycles. The maximum absolute atomic E-state index is 12.1. The molecular weight excluding hydrogens is 336 g/mol. The summed E-state index contributed by atoms with van der Waals surface area (Å²) in [5.74, 6) is 0.350. The molecule has 1 amide bonds. The molecule has 0 atom stereocenters. The van der Waals surface area contributed by atoms with Crippen LogP contribution in [0.25, 0.3) is 11.3 Å². The topological polar surface area (TPSA) is 80.0 Å². The van der Waals surface area contributed by atoms with Crippen molar-refractivity contribution >= 4 is 17.9 Å². The largest absolute Gasteiger partial charge is 0.355 e. The van der Waals surface area contributed by atoms with Crippen LogP contribution in [0, 0.1) is 0 Å². The standard InChI is InChI=1S/C18H18N4O2S/c23-18(15-13-16(24-22-15)14-7-2-1-3-8-14)20-11-6-12-21-25-17-9-4-5-10-19-17/h1-5,7-10,13,21H,6,11-12H2,(H,20,23). The van der Waals surface area contributed by atoms with Crippen LogP contribution in [-0.4, -0.2) is 29.1 Å². The van der Waals surface area contributed by atoms with Gasteiger partial charge in [-0.05, 0) is 30.5 Å². The Morgan fingerprint density at radius 2 is 1.92 bits per heavy atom. The van der Waals surface area contributed by atoms with Gasteiger partial charge in [-0.15, -0.1) is 0 Å². The van der Waals surface area contributed by atoms with Crippen molar-refractivity contribution in [2.75, 3.05) is 13.1 Å². The number of benzene rings is 1. The minimum atomic E-state index is -0.233. The molecule has 2 N–H and O–H groups in total. The van der Waals surface area contributed by atoms with Gasteiger partial charge in [-0.25, -0.2) is 4.98 Å². The zero-order valence-electron chi connectivity index (χ0n) is 13.5. The SMILES string of the molecule is O=C(NCCCNSc1ccccn1)c1cc(-c2ccccc2)on1. The van der Waals surface area contributed by atoms with Gasteiger partial charge in [-0.1, -0.05) is 41.6 Å². The minimum absolute atomic E-state index is 0.233. The average molecular weight is 354 g/mol. The Hall–Kier alpha value is -2.64. The number of amides is 1. The lowest BCUT2D eigenvalue weighted by atomic mass is 10.1. The van der Waals surface area contributed by atoms with Crippen molar-refractivity contribution < 1.29 is 9.32 Å². The van der Waals surface area contributed by atoms with Crippen molar-refractivity contribution in [2.45, 2.75) is 11.4 Å². The third kappa shape index (κ3) is 5.17. The summed E-state index contributed by atoms with van der Waals surface area (Å²) in [6.07, 6.45) is 2.56. The molecule has 6 nitrogen and oxygen atoms in total. The molecule has 0 aliphatic heterocycles. The molecule has 0 bridgehead atoms. The highest BCUT2D eigenvalue weighted by molar-refractivity contribution is 7.97. The van der Waals surface area contributed by atoms with E-state index in [1.807, 2.05) is 48.5 Å². The second kappa shape index (κ2) is 9.00. The second-order valence-electron chi connectivity index (χ2n) is 5.22. The molecule has 3 rings (SSSR count). The lowest BCUT2D eigenvalue weighted by Gasteiger charge is -2.04. The Bertz CT molecular complexity index is 793. The molecule has 2 aromatic heterocycles. The zero-order chi connectivity index (χ0) is 17.3. The fourth-order valence-electron chi connectivity index (χ4n) is 2.11. The summed E-state index contributed by atoms with van der Waals surface area (Å²) >= 11 is 1.48. The molecule has 0 aliphatic rings. The monoisotopic (exact) mass is 354 g/mol. The van der Waals surface area contributed by atoms with E-state index < -0.39 is 0 Å². The maximum atomic E-state index is 12.1. The van der Waals surface area contributed by atoms with Crippen LogP contribution in [0.3, 0.4) is 0 Å². The Morgan fingerprint density at radius 1 is 1.08 bits per heavy atom. The summed E-state index contributed by atoms with van der Waals surface area (Å²) in [4.78, 5) is 16.3. The molecular formula is C18H18N4O2S. The average Bonchev–Trinajstić information content (AvgIpc) is 3.16. The van der Waals surface area contributed by atoms with Gasteiger partial charge in [-0.3, -0.25) is 9.52 Å². The number of pyridine rings is 1. The molecule has 128 valence electrons. The first-order valence-corrected chi connectivity index (χ1v) is 8.75. The molecule has 0 unspecified atom stereocenters. The number of carbonyl (C=O) groups is 1. The molecule has 1 aromatic carbocycles. The summed E-state index contributed by atoms with van der Waals surface area (Å²) in [5.41, 5.74) is 1.18. The van der Waals surface area contributed by atoms with Crippen molar-refractivity contribution in [2.24, 2.45) is 0 Å². The molecule has 3 aromatic rings. The van der Waals surface area contributed by atoms with E-state index in [-0.39, 0.29) is 11.6 Å². The fourth-order valence-corrected chi connectivity index (χ4v) is 2.76. The van der Waals surface area contributed by atoms with Gasteiger partial charge >= 0.3 is 0 Å². The van der Waals surface area contributed by atoms with E-state index in [0.717, 1.165) is 23.6 Å². The summed E-state index contributed by atoms with van der Waals surface area (Å²) in [6.45, 7) is 1.32. The molecule has 25 heavy (non-hydrogen) atoms. The molecule has 0 fully saturated rings. The van der Waals surface area contributed by atoms with Gasteiger partial charge in [0.05, 0.1) is 0 Å². The minimum Gasteiger partial charge on any atom is -0.355 e.